The average molecular weight is 214 g/mol. The summed E-state index contributed by atoms with van der Waals surface area (Å²) in [5.41, 5.74) is 8.90. The number of H-pyrrole nitrogens is 1. The number of benzene rings is 1. The smallest absolute Gasteiger partial charge is 0.0456 e. The lowest BCUT2D eigenvalue weighted by Gasteiger charge is -2.28. The van der Waals surface area contributed by atoms with Gasteiger partial charge in [-0.3, -0.25) is 0 Å². The van der Waals surface area contributed by atoms with Gasteiger partial charge in [0.05, 0.1) is 0 Å². The molecule has 1 aliphatic rings. The highest BCUT2D eigenvalue weighted by Gasteiger charge is 2.25. The zero-order chi connectivity index (χ0) is 11.0. The minimum atomic E-state index is 0.341. The Kier molecular flexibility index (Phi) is 2.44. The van der Waals surface area contributed by atoms with Gasteiger partial charge >= 0.3 is 0 Å². The molecule has 2 atom stereocenters. The number of nitrogens with one attached hydrogen (secondary N) is 1. The second-order valence-corrected chi connectivity index (χ2v) is 4.84. The van der Waals surface area contributed by atoms with Crippen LogP contribution in [0, 0.1) is 0 Å². The summed E-state index contributed by atoms with van der Waals surface area (Å²) in [7, 11) is 0. The summed E-state index contributed by atoms with van der Waals surface area (Å²) in [6.45, 7) is 0. The molecule has 0 bridgehead atoms. The SMILES string of the molecule is N[C@H]1CCCC[C@H]1c1c[nH]c2ccccc12. The van der Waals surface area contributed by atoms with Crippen LogP contribution in [0.5, 0.6) is 0 Å². The monoisotopic (exact) mass is 214 g/mol. The average Bonchev–Trinajstić information content (AvgIpc) is 2.74. The molecule has 0 spiro atoms. The Hall–Kier alpha value is -1.28. The number of fused-ring (bicyclic) bond motifs is 1. The van der Waals surface area contributed by atoms with E-state index in [1.165, 1.54) is 42.1 Å². The highest BCUT2D eigenvalue weighted by molar-refractivity contribution is 5.83. The van der Waals surface area contributed by atoms with E-state index in [4.69, 9.17) is 5.73 Å². The number of hydrogen-bond donors (Lipinski definition) is 2. The molecule has 2 aromatic rings. The normalized spacial score (nSPS) is 26.1. The molecule has 1 heterocycles. The Balaban J connectivity index is 2.04. The van der Waals surface area contributed by atoms with Gasteiger partial charge in [0.1, 0.15) is 0 Å². The fourth-order valence-electron chi connectivity index (χ4n) is 2.95. The predicted molar refractivity (Wildman–Crippen MR) is 67.5 cm³/mol. The lowest BCUT2D eigenvalue weighted by Crippen LogP contribution is -2.31. The molecule has 1 saturated carbocycles. The molecule has 0 saturated heterocycles. The molecule has 84 valence electrons. The summed E-state index contributed by atoms with van der Waals surface area (Å²) in [5, 5.41) is 1.35. The lowest BCUT2D eigenvalue weighted by molar-refractivity contribution is 0.387. The van der Waals surface area contributed by atoms with Crippen LogP contribution in [0.3, 0.4) is 0 Å². The quantitative estimate of drug-likeness (QED) is 0.752. The van der Waals surface area contributed by atoms with Gasteiger partial charge in [-0.25, -0.2) is 0 Å². The van der Waals surface area contributed by atoms with Crippen LogP contribution in [0.25, 0.3) is 10.9 Å². The van der Waals surface area contributed by atoms with Crippen molar-refractivity contribution in [3.63, 3.8) is 0 Å². The van der Waals surface area contributed by atoms with Crippen LogP contribution in [0.1, 0.15) is 37.2 Å². The molecular weight excluding hydrogens is 196 g/mol. The Labute approximate surface area is 95.8 Å². The van der Waals surface area contributed by atoms with E-state index in [0.29, 0.717) is 12.0 Å². The van der Waals surface area contributed by atoms with Crippen molar-refractivity contribution in [2.75, 3.05) is 0 Å². The van der Waals surface area contributed by atoms with Crippen molar-refractivity contribution in [2.45, 2.75) is 37.6 Å². The first-order valence-corrected chi connectivity index (χ1v) is 6.18. The maximum Gasteiger partial charge on any atom is 0.0456 e. The van der Waals surface area contributed by atoms with Crippen molar-refractivity contribution < 1.29 is 0 Å². The van der Waals surface area contributed by atoms with E-state index in [1.54, 1.807) is 0 Å². The number of aromatic nitrogens is 1. The van der Waals surface area contributed by atoms with Crippen molar-refractivity contribution in [1.82, 2.24) is 4.98 Å². The van der Waals surface area contributed by atoms with E-state index >= 15 is 0 Å². The van der Waals surface area contributed by atoms with E-state index in [1.807, 2.05) is 0 Å². The summed E-state index contributed by atoms with van der Waals surface area (Å²) in [5.74, 6) is 0.546. The molecule has 0 amide bonds. The topological polar surface area (TPSA) is 41.8 Å². The van der Waals surface area contributed by atoms with Crippen LogP contribution in [-0.2, 0) is 0 Å². The number of hydrogen-bond acceptors (Lipinski definition) is 1. The number of rotatable bonds is 1. The summed E-state index contributed by atoms with van der Waals surface area (Å²) in [6, 6.07) is 8.85. The van der Waals surface area contributed by atoms with Crippen molar-refractivity contribution >= 4 is 10.9 Å². The van der Waals surface area contributed by atoms with Crippen molar-refractivity contribution in [3.05, 3.63) is 36.0 Å². The van der Waals surface area contributed by atoms with Crippen LogP contribution < -0.4 is 5.73 Å². The first-order valence-electron chi connectivity index (χ1n) is 6.18. The van der Waals surface area contributed by atoms with E-state index in [-0.39, 0.29) is 0 Å². The van der Waals surface area contributed by atoms with Gasteiger partial charge in [-0.15, -0.1) is 0 Å². The third-order valence-corrected chi connectivity index (χ3v) is 3.84. The zero-order valence-corrected chi connectivity index (χ0v) is 9.45. The van der Waals surface area contributed by atoms with E-state index in [2.05, 4.69) is 35.4 Å². The van der Waals surface area contributed by atoms with Gasteiger partial charge in [-0.05, 0) is 24.5 Å². The molecule has 0 radical (unpaired) electrons. The number of aromatic amines is 1. The van der Waals surface area contributed by atoms with Gasteiger partial charge in [0.15, 0.2) is 0 Å². The molecule has 1 aromatic carbocycles. The van der Waals surface area contributed by atoms with Gasteiger partial charge in [-0.1, -0.05) is 31.0 Å². The van der Waals surface area contributed by atoms with Crippen LogP contribution in [0.4, 0.5) is 0 Å². The third-order valence-electron chi connectivity index (χ3n) is 3.84. The molecule has 1 fully saturated rings. The second-order valence-electron chi connectivity index (χ2n) is 4.84. The molecule has 0 unspecified atom stereocenters. The Morgan fingerprint density at radius 1 is 1.12 bits per heavy atom. The van der Waals surface area contributed by atoms with E-state index < -0.39 is 0 Å². The number of nitrogens with two attached hydrogens (primary N) is 1. The minimum Gasteiger partial charge on any atom is -0.361 e. The summed E-state index contributed by atoms with van der Waals surface area (Å²) in [6.07, 6.45) is 7.17. The van der Waals surface area contributed by atoms with Gasteiger partial charge < -0.3 is 10.7 Å². The van der Waals surface area contributed by atoms with Gasteiger partial charge in [-0.2, -0.15) is 0 Å². The van der Waals surface area contributed by atoms with Crippen LogP contribution in [0.15, 0.2) is 30.5 Å². The van der Waals surface area contributed by atoms with E-state index in [0.717, 1.165) is 0 Å². The number of para-hydroxylation sites is 1. The van der Waals surface area contributed by atoms with Crippen molar-refractivity contribution in [3.8, 4) is 0 Å². The highest BCUT2D eigenvalue weighted by Crippen LogP contribution is 2.35. The Bertz CT molecular complexity index is 486. The fourth-order valence-corrected chi connectivity index (χ4v) is 2.95. The maximum absolute atomic E-state index is 6.25. The Morgan fingerprint density at radius 2 is 1.94 bits per heavy atom. The predicted octanol–water partition coefficient (Wildman–Crippen LogP) is 3.15. The van der Waals surface area contributed by atoms with Crippen LogP contribution >= 0.6 is 0 Å². The minimum absolute atomic E-state index is 0.341. The molecule has 2 nitrogen and oxygen atoms in total. The van der Waals surface area contributed by atoms with E-state index in [9.17, 15) is 0 Å². The fraction of sp³-hybridized carbons (Fsp3) is 0.429. The largest absolute Gasteiger partial charge is 0.361 e. The lowest BCUT2D eigenvalue weighted by atomic mass is 9.80. The Morgan fingerprint density at radius 3 is 2.81 bits per heavy atom. The molecular formula is C14H18N2. The first kappa shape index (κ1) is 9.91. The molecule has 1 aromatic heterocycles. The standard InChI is InChI=1S/C14H18N2/c15-13-7-3-1-5-10(13)12-9-16-14-8-4-2-6-11(12)14/h2,4,6,8-10,13,16H,1,3,5,7,15H2/t10-,13-/m0/s1. The highest BCUT2D eigenvalue weighted by atomic mass is 14.7. The van der Waals surface area contributed by atoms with Gasteiger partial charge in [0, 0.05) is 29.1 Å². The molecule has 3 N–H and O–H groups in total. The molecule has 0 aliphatic heterocycles. The maximum atomic E-state index is 6.25. The van der Waals surface area contributed by atoms with Crippen molar-refractivity contribution in [2.24, 2.45) is 5.73 Å². The van der Waals surface area contributed by atoms with Crippen LogP contribution in [0.2, 0.25) is 0 Å². The first-order chi connectivity index (χ1) is 7.86. The third kappa shape index (κ3) is 1.54. The second kappa shape index (κ2) is 3.95. The van der Waals surface area contributed by atoms with Crippen LogP contribution in [-0.4, -0.2) is 11.0 Å². The zero-order valence-electron chi connectivity index (χ0n) is 9.45. The molecule has 1 aliphatic carbocycles. The molecule has 16 heavy (non-hydrogen) atoms. The van der Waals surface area contributed by atoms with Gasteiger partial charge in [0.2, 0.25) is 0 Å². The molecule has 2 heteroatoms. The van der Waals surface area contributed by atoms with Gasteiger partial charge in [0.25, 0.3) is 0 Å². The molecule has 3 rings (SSSR count). The summed E-state index contributed by atoms with van der Waals surface area (Å²) < 4.78 is 0. The summed E-state index contributed by atoms with van der Waals surface area (Å²) in [4.78, 5) is 3.35. The van der Waals surface area contributed by atoms with Crippen molar-refractivity contribution in [1.29, 1.82) is 0 Å². The summed E-state index contributed by atoms with van der Waals surface area (Å²) >= 11 is 0.